The van der Waals surface area contributed by atoms with Crippen LogP contribution in [-0.4, -0.2) is 19.7 Å². The summed E-state index contributed by atoms with van der Waals surface area (Å²) in [5, 5.41) is 3.72. The molecule has 1 aliphatic carbocycles. The topological polar surface area (TPSA) is 47.3 Å². The summed E-state index contributed by atoms with van der Waals surface area (Å²) in [5.74, 6) is 2.01. The molecule has 3 N–H and O–H groups in total. The van der Waals surface area contributed by atoms with Gasteiger partial charge in [0.25, 0.3) is 0 Å². The Bertz CT molecular complexity index is 629. The second-order valence-corrected chi connectivity index (χ2v) is 6.76. The minimum atomic E-state index is 0.527. The highest BCUT2D eigenvalue weighted by Gasteiger charge is 2.30. The summed E-state index contributed by atoms with van der Waals surface area (Å²) in [6, 6.07) is 19.6. The van der Waals surface area contributed by atoms with Gasteiger partial charge in [0.2, 0.25) is 0 Å². The van der Waals surface area contributed by atoms with Crippen molar-refractivity contribution in [2.75, 3.05) is 13.7 Å². The maximum absolute atomic E-state index is 6.11. The van der Waals surface area contributed by atoms with Gasteiger partial charge in [-0.15, -0.1) is 0 Å². The second-order valence-electron chi connectivity index (χ2n) is 6.76. The Kier molecular flexibility index (Phi) is 5.89. The average molecular weight is 324 g/mol. The van der Waals surface area contributed by atoms with Gasteiger partial charge in [0.05, 0.1) is 7.11 Å². The van der Waals surface area contributed by atoms with E-state index < -0.39 is 0 Å². The third-order valence-corrected chi connectivity index (χ3v) is 5.24. The van der Waals surface area contributed by atoms with E-state index in [2.05, 4.69) is 53.8 Å². The van der Waals surface area contributed by atoms with Crippen molar-refractivity contribution in [3.8, 4) is 5.75 Å². The molecule has 3 atom stereocenters. The lowest BCUT2D eigenvalue weighted by Crippen LogP contribution is -2.39. The molecule has 0 bridgehead atoms. The molecular formula is C21H28N2O. The van der Waals surface area contributed by atoms with E-state index in [1.165, 1.54) is 24.0 Å². The van der Waals surface area contributed by atoms with Crippen LogP contribution in [0.25, 0.3) is 0 Å². The predicted octanol–water partition coefficient (Wildman–Crippen LogP) is 3.70. The van der Waals surface area contributed by atoms with Crippen LogP contribution in [-0.2, 0) is 6.54 Å². The Hall–Kier alpha value is -1.84. The fourth-order valence-corrected chi connectivity index (χ4v) is 3.88. The highest BCUT2D eigenvalue weighted by molar-refractivity contribution is 5.31. The number of hydrogen-bond acceptors (Lipinski definition) is 3. The summed E-state index contributed by atoms with van der Waals surface area (Å²) >= 11 is 0. The molecule has 2 aromatic rings. The summed E-state index contributed by atoms with van der Waals surface area (Å²) in [5.41, 5.74) is 8.82. The van der Waals surface area contributed by atoms with Crippen LogP contribution in [0.3, 0.4) is 0 Å². The number of benzene rings is 2. The zero-order chi connectivity index (χ0) is 16.8. The molecule has 0 spiro atoms. The molecule has 0 aromatic heterocycles. The van der Waals surface area contributed by atoms with Crippen LogP contribution in [0.2, 0.25) is 0 Å². The molecule has 0 aliphatic heterocycles. The fourth-order valence-electron chi connectivity index (χ4n) is 3.88. The molecule has 1 fully saturated rings. The van der Waals surface area contributed by atoms with Gasteiger partial charge in [-0.05, 0) is 60.9 Å². The number of nitrogens with two attached hydrogens (primary N) is 1. The van der Waals surface area contributed by atoms with Crippen molar-refractivity contribution < 1.29 is 4.74 Å². The number of nitrogens with one attached hydrogen (secondary N) is 1. The van der Waals surface area contributed by atoms with Gasteiger partial charge >= 0.3 is 0 Å². The number of rotatable bonds is 6. The molecule has 24 heavy (non-hydrogen) atoms. The first kappa shape index (κ1) is 17.0. The average Bonchev–Trinajstić information content (AvgIpc) is 2.67. The Morgan fingerprint density at radius 1 is 1.08 bits per heavy atom. The van der Waals surface area contributed by atoms with Crippen LogP contribution in [0, 0.1) is 5.92 Å². The highest BCUT2D eigenvalue weighted by Crippen LogP contribution is 2.38. The maximum Gasteiger partial charge on any atom is 0.119 e. The van der Waals surface area contributed by atoms with Crippen LogP contribution in [0.4, 0.5) is 0 Å². The quantitative estimate of drug-likeness (QED) is 0.852. The molecule has 128 valence electrons. The minimum Gasteiger partial charge on any atom is -0.497 e. The Morgan fingerprint density at radius 3 is 2.67 bits per heavy atom. The molecule has 3 unspecified atom stereocenters. The van der Waals surface area contributed by atoms with Crippen molar-refractivity contribution in [2.45, 2.75) is 37.8 Å². The zero-order valence-corrected chi connectivity index (χ0v) is 14.4. The standard InChI is InChI=1S/C21H28N2O/c1-24-20-9-5-8-17(13-20)21-11-10-19(12-18(21)14-22)23-15-16-6-3-2-4-7-16/h2-9,13,18-19,21,23H,10-12,14-15,22H2,1H3. The Labute approximate surface area is 145 Å². The first-order valence-electron chi connectivity index (χ1n) is 8.91. The fraction of sp³-hybridized carbons (Fsp3) is 0.429. The number of hydrogen-bond donors (Lipinski definition) is 2. The molecule has 3 heteroatoms. The minimum absolute atomic E-state index is 0.527. The van der Waals surface area contributed by atoms with Crippen molar-refractivity contribution in [1.29, 1.82) is 0 Å². The van der Waals surface area contributed by atoms with Gasteiger partial charge in [0.1, 0.15) is 5.75 Å². The van der Waals surface area contributed by atoms with Crippen LogP contribution in [0.1, 0.15) is 36.3 Å². The largest absolute Gasteiger partial charge is 0.497 e. The van der Waals surface area contributed by atoms with Gasteiger partial charge in [0, 0.05) is 12.6 Å². The van der Waals surface area contributed by atoms with Crippen molar-refractivity contribution in [3.05, 3.63) is 65.7 Å². The van der Waals surface area contributed by atoms with Gasteiger partial charge in [-0.2, -0.15) is 0 Å². The lowest BCUT2D eigenvalue weighted by Gasteiger charge is -2.36. The van der Waals surface area contributed by atoms with Crippen LogP contribution in [0.5, 0.6) is 5.75 Å². The lowest BCUT2D eigenvalue weighted by atomic mass is 9.73. The van der Waals surface area contributed by atoms with Gasteiger partial charge in [-0.25, -0.2) is 0 Å². The van der Waals surface area contributed by atoms with E-state index >= 15 is 0 Å². The van der Waals surface area contributed by atoms with Gasteiger partial charge in [0.15, 0.2) is 0 Å². The monoisotopic (exact) mass is 324 g/mol. The Balaban J connectivity index is 1.61. The van der Waals surface area contributed by atoms with Gasteiger partial charge < -0.3 is 15.8 Å². The summed E-state index contributed by atoms with van der Waals surface area (Å²) < 4.78 is 5.38. The molecule has 3 nitrogen and oxygen atoms in total. The zero-order valence-electron chi connectivity index (χ0n) is 14.4. The molecule has 0 saturated heterocycles. The van der Waals surface area contributed by atoms with E-state index in [4.69, 9.17) is 10.5 Å². The van der Waals surface area contributed by atoms with Crippen molar-refractivity contribution in [1.82, 2.24) is 5.32 Å². The maximum atomic E-state index is 6.11. The van der Waals surface area contributed by atoms with Gasteiger partial charge in [-0.1, -0.05) is 42.5 Å². The molecule has 0 amide bonds. The van der Waals surface area contributed by atoms with Gasteiger partial charge in [-0.3, -0.25) is 0 Å². The molecule has 3 rings (SSSR count). The van der Waals surface area contributed by atoms with Crippen LogP contribution in [0.15, 0.2) is 54.6 Å². The summed E-state index contributed by atoms with van der Waals surface area (Å²) in [6.07, 6.45) is 3.53. The second kappa shape index (κ2) is 8.32. The van der Waals surface area contributed by atoms with E-state index in [1.54, 1.807) is 7.11 Å². The van der Waals surface area contributed by atoms with Crippen molar-refractivity contribution in [2.24, 2.45) is 11.7 Å². The van der Waals surface area contributed by atoms with E-state index in [1.807, 2.05) is 6.07 Å². The molecular weight excluding hydrogens is 296 g/mol. The number of ether oxygens (including phenoxy) is 1. The van der Waals surface area contributed by atoms with E-state index in [9.17, 15) is 0 Å². The first-order chi connectivity index (χ1) is 11.8. The van der Waals surface area contributed by atoms with Crippen LogP contribution >= 0.6 is 0 Å². The van der Waals surface area contributed by atoms with Crippen molar-refractivity contribution >= 4 is 0 Å². The molecule has 0 radical (unpaired) electrons. The Morgan fingerprint density at radius 2 is 1.92 bits per heavy atom. The molecule has 1 saturated carbocycles. The summed E-state index contributed by atoms with van der Waals surface area (Å²) in [6.45, 7) is 1.68. The lowest BCUT2D eigenvalue weighted by molar-refractivity contribution is 0.253. The number of methoxy groups -OCH3 is 1. The van der Waals surface area contributed by atoms with Crippen LogP contribution < -0.4 is 15.8 Å². The van der Waals surface area contributed by atoms with E-state index in [0.717, 1.165) is 25.3 Å². The highest BCUT2D eigenvalue weighted by atomic mass is 16.5. The SMILES string of the molecule is COc1cccc(C2CCC(NCc3ccccc3)CC2CN)c1. The molecule has 2 aromatic carbocycles. The third kappa shape index (κ3) is 4.16. The van der Waals surface area contributed by atoms with E-state index in [0.29, 0.717) is 17.9 Å². The smallest absolute Gasteiger partial charge is 0.119 e. The normalized spacial score (nSPS) is 23.8. The predicted molar refractivity (Wildman–Crippen MR) is 99.2 cm³/mol. The molecule has 0 heterocycles. The third-order valence-electron chi connectivity index (χ3n) is 5.24. The first-order valence-corrected chi connectivity index (χ1v) is 8.91. The van der Waals surface area contributed by atoms with Crippen molar-refractivity contribution in [3.63, 3.8) is 0 Å². The summed E-state index contributed by atoms with van der Waals surface area (Å²) in [4.78, 5) is 0. The summed E-state index contributed by atoms with van der Waals surface area (Å²) in [7, 11) is 1.73. The molecule has 1 aliphatic rings. The van der Waals surface area contributed by atoms with E-state index in [-0.39, 0.29) is 0 Å².